The SMILES string of the molecule is O=C(Cc1ccccn1)N[C@@H]1CCCN(c2ccc(C(F)(F)F)cc2)C1. The van der Waals surface area contributed by atoms with Crippen LogP contribution in [-0.2, 0) is 17.4 Å². The molecular weight excluding hydrogens is 343 g/mol. The zero-order valence-electron chi connectivity index (χ0n) is 14.2. The Morgan fingerprint density at radius 3 is 2.62 bits per heavy atom. The number of alkyl halides is 3. The van der Waals surface area contributed by atoms with Crippen molar-refractivity contribution < 1.29 is 18.0 Å². The zero-order valence-corrected chi connectivity index (χ0v) is 14.2. The predicted octanol–water partition coefficient (Wildman–Crippen LogP) is 3.43. The van der Waals surface area contributed by atoms with Crippen LogP contribution in [0.1, 0.15) is 24.1 Å². The predicted molar refractivity (Wildman–Crippen MR) is 92.8 cm³/mol. The van der Waals surface area contributed by atoms with Crippen molar-refractivity contribution in [3.63, 3.8) is 0 Å². The molecule has 1 aliphatic heterocycles. The van der Waals surface area contributed by atoms with Gasteiger partial charge in [-0.1, -0.05) is 6.07 Å². The summed E-state index contributed by atoms with van der Waals surface area (Å²) in [5.41, 5.74) is 0.792. The molecule has 0 unspecified atom stereocenters. The normalized spacial score (nSPS) is 17.8. The minimum Gasteiger partial charge on any atom is -0.369 e. The van der Waals surface area contributed by atoms with E-state index in [1.54, 1.807) is 18.3 Å². The minimum atomic E-state index is -4.33. The molecule has 2 heterocycles. The van der Waals surface area contributed by atoms with Gasteiger partial charge in [0.15, 0.2) is 0 Å². The molecule has 138 valence electrons. The number of carbonyl (C=O) groups is 1. The van der Waals surface area contributed by atoms with Crippen LogP contribution in [0.15, 0.2) is 48.7 Å². The van der Waals surface area contributed by atoms with Crippen LogP contribution in [0.25, 0.3) is 0 Å². The molecule has 4 nitrogen and oxygen atoms in total. The van der Waals surface area contributed by atoms with Crippen LogP contribution in [0.2, 0.25) is 0 Å². The van der Waals surface area contributed by atoms with Crippen molar-refractivity contribution in [2.24, 2.45) is 0 Å². The average Bonchev–Trinajstić information content (AvgIpc) is 2.62. The Morgan fingerprint density at radius 1 is 1.19 bits per heavy atom. The maximum Gasteiger partial charge on any atom is 0.416 e. The molecular formula is C19H20F3N3O. The Bertz CT molecular complexity index is 732. The molecule has 1 fully saturated rings. The third-order valence-electron chi connectivity index (χ3n) is 4.41. The van der Waals surface area contributed by atoms with Gasteiger partial charge >= 0.3 is 6.18 Å². The largest absolute Gasteiger partial charge is 0.416 e. The van der Waals surface area contributed by atoms with Crippen LogP contribution in [0.4, 0.5) is 18.9 Å². The number of hydrogen-bond acceptors (Lipinski definition) is 3. The van der Waals surface area contributed by atoms with Gasteiger partial charge in [-0.25, -0.2) is 0 Å². The summed E-state index contributed by atoms with van der Waals surface area (Å²) in [5.74, 6) is -0.0945. The van der Waals surface area contributed by atoms with E-state index in [2.05, 4.69) is 10.3 Å². The van der Waals surface area contributed by atoms with Crippen LogP contribution < -0.4 is 10.2 Å². The molecule has 1 N–H and O–H groups in total. The summed E-state index contributed by atoms with van der Waals surface area (Å²) in [6.07, 6.45) is -0.740. The molecule has 1 aromatic heterocycles. The molecule has 1 amide bonds. The molecule has 0 saturated carbocycles. The summed E-state index contributed by atoms with van der Waals surface area (Å²) >= 11 is 0. The third-order valence-corrected chi connectivity index (χ3v) is 4.41. The first kappa shape index (κ1) is 18.2. The molecule has 0 aliphatic carbocycles. The van der Waals surface area contributed by atoms with E-state index in [9.17, 15) is 18.0 Å². The first-order valence-corrected chi connectivity index (χ1v) is 8.53. The van der Waals surface area contributed by atoms with Gasteiger partial charge in [0, 0.05) is 36.7 Å². The van der Waals surface area contributed by atoms with Crippen molar-refractivity contribution in [3.05, 3.63) is 59.9 Å². The van der Waals surface area contributed by atoms with E-state index in [1.165, 1.54) is 12.1 Å². The lowest BCUT2D eigenvalue weighted by Gasteiger charge is -2.35. The highest BCUT2D eigenvalue weighted by molar-refractivity contribution is 5.78. The lowest BCUT2D eigenvalue weighted by atomic mass is 10.0. The Balaban J connectivity index is 1.58. The second-order valence-corrected chi connectivity index (χ2v) is 6.40. The summed E-state index contributed by atoms with van der Waals surface area (Å²) < 4.78 is 38.0. The Morgan fingerprint density at radius 2 is 1.96 bits per heavy atom. The number of hydrogen-bond donors (Lipinski definition) is 1. The number of benzene rings is 1. The summed E-state index contributed by atoms with van der Waals surface area (Å²) in [4.78, 5) is 18.3. The zero-order chi connectivity index (χ0) is 18.6. The highest BCUT2D eigenvalue weighted by atomic mass is 19.4. The smallest absolute Gasteiger partial charge is 0.369 e. The fourth-order valence-electron chi connectivity index (χ4n) is 3.14. The fraction of sp³-hybridized carbons (Fsp3) is 0.368. The molecule has 0 bridgehead atoms. The molecule has 1 atom stereocenters. The lowest BCUT2D eigenvalue weighted by Crippen LogP contribution is -2.48. The maximum absolute atomic E-state index is 12.7. The number of piperidine rings is 1. The lowest BCUT2D eigenvalue weighted by molar-refractivity contribution is -0.137. The molecule has 0 radical (unpaired) electrons. The van der Waals surface area contributed by atoms with E-state index in [1.807, 2.05) is 11.0 Å². The van der Waals surface area contributed by atoms with Gasteiger partial charge in [-0.3, -0.25) is 9.78 Å². The van der Waals surface area contributed by atoms with E-state index in [0.717, 1.165) is 37.2 Å². The van der Waals surface area contributed by atoms with Crippen LogP contribution >= 0.6 is 0 Å². The van der Waals surface area contributed by atoms with Gasteiger partial charge in [0.25, 0.3) is 0 Å². The van der Waals surface area contributed by atoms with Crippen molar-refractivity contribution in [2.45, 2.75) is 31.5 Å². The van der Waals surface area contributed by atoms with Gasteiger partial charge in [-0.2, -0.15) is 13.2 Å². The van der Waals surface area contributed by atoms with E-state index in [-0.39, 0.29) is 18.4 Å². The number of nitrogens with zero attached hydrogens (tertiary/aromatic N) is 2. The van der Waals surface area contributed by atoms with Gasteiger partial charge in [0.2, 0.25) is 5.91 Å². The molecule has 1 aromatic carbocycles. The number of amides is 1. The summed E-state index contributed by atoms with van der Waals surface area (Å²) in [5, 5.41) is 3.00. The third kappa shape index (κ3) is 4.74. The van der Waals surface area contributed by atoms with Gasteiger partial charge < -0.3 is 10.2 Å². The second-order valence-electron chi connectivity index (χ2n) is 6.40. The van der Waals surface area contributed by atoms with Crippen molar-refractivity contribution >= 4 is 11.6 Å². The van der Waals surface area contributed by atoms with E-state index in [4.69, 9.17) is 0 Å². The maximum atomic E-state index is 12.7. The Labute approximate surface area is 150 Å². The molecule has 3 rings (SSSR count). The van der Waals surface area contributed by atoms with Crippen molar-refractivity contribution in [1.29, 1.82) is 0 Å². The van der Waals surface area contributed by atoms with Crippen molar-refractivity contribution in [1.82, 2.24) is 10.3 Å². The molecule has 1 aliphatic rings. The second kappa shape index (κ2) is 7.76. The van der Waals surface area contributed by atoms with Crippen LogP contribution in [-0.4, -0.2) is 30.0 Å². The average molecular weight is 363 g/mol. The number of halogens is 3. The van der Waals surface area contributed by atoms with Gasteiger partial charge in [0.05, 0.1) is 12.0 Å². The molecule has 1 saturated heterocycles. The van der Waals surface area contributed by atoms with E-state index in [0.29, 0.717) is 12.2 Å². The van der Waals surface area contributed by atoms with E-state index >= 15 is 0 Å². The van der Waals surface area contributed by atoms with Crippen molar-refractivity contribution in [3.8, 4) is 0 Å². The number of nitrogens with one attached hydrogen (secondary N) is 1. The number of rotatable bonds is 4. The fourth-order valence-corrected chi connectivity index (χ4v) is 3.14. The molecule has 2 aromatic rings. The number of pyridine rings is 1. The monoisotopic (exact) mass is 363 g/mol. The quantitative estimate of drug-likeness (QED) is 0.905. The molecule has 7 heteroatoms. The highest BCUT2D eigenvalue weighted by Crippen LogP contribution is 2.31. The number of anilines is 1. The summed E-state index contributed by atoms with van der Waals surface area (Å²) in [6, 6.07) is 10.6. The number of aromatic nitrogens is 1. The molecule has 0 spiro atoms. The van der Waals surface area contributed by atoms with Crippen molar-refractivity contribution in [2.75, 3.05) is 18.0 Å². The Kier molecular flexibility index (Phi) is 5.44. The highest BCUT2D eigenvalue weighted by Gasteiger charge is 2.30. The van der Waals surface area contributed by atoms with Gasteiger partial charge in [-0.05, 0) is 49.2 Å². The van der Waals surface area contributed by atoms with Gasteiger partial charge in [0.1, 0.15) is 0 Å². The topological polar surface area (TPSA) is 45.2 Å². The molecule has 26 heavy (non-hydrogen) atoms. The minimum absolute atomic E-state index is 0.0257. The standard InChI is InChI=1S/C19H20F3N3O/c20-19(21,22)14-6-8-17(9-7-14)25-11-3-5-16(13-25)24-18(26)12-15-4-1-2-10-23-15/h1-2,4,6-10,16H,3,5,11-13H2,(H,24,26)/t16-/m1/s1. The summed E-state index contributed by atoms with van der Waals surface area (Å²) in [6.45, 7) is 1.34. The van der Waals surface area contributed by atoms with Crippen LogP contribution in [0.5, 0.6) is 0 Å². The van der Waals surface area contributed by atoms with Crippen LogP contribution in [0.3, 0.4) is 0 Å². The summed E-state index contributed by atoms with van der Waals surface area (Å²) in [7, 11) is 0. The van der Waals surface area contributed by atoms with Crippen LogP contribution in [0, 0.1) is 0 Å². The van der Waals surface area contributed by atoms with E-state index < -0.39 is 11.7 Å². The first-order valence-electron chi connectivity index (χ1n) is 8.53. The van der Waals surface area contributed by atoms with Gasteiger partial charge in [-0.15, -0.1) is 0 Å². The first-order chi connectivity index (χ1) is 12.4. The number of carbonyl (C=O) groups excluding carboxylic acids is 1. The Hall–Kier alpha value is -2.57.